The Kier molecular flexibility index (Phi) is 4.96. The molecule has 140 valence electrons. The monoisotopic (exact) mass is 378 g/mol. The van der Waals surface area contributed by atoms with E-state index in [9.17, 15) is 10.1 Å². The van der Waals surface area contributed by atoms with Crippen LogP contribution < -0.4 is 4.74 Å². The largest absolute Gasteiger partial charge is 0.457 e. The average Bonchev–Trinajstić information content (AvgIpc) is 3.08. The first-order chi connectivity index (χ1) is 14.2. The molecule has 1 heterocycles. The number of allylic oxidation sites excluding steroid dienone is 1. The maximum atomic E-state index is 13.1. The molecule has 0 bridgehead atoms. The van der Waals surface area contributed by atoms with Crippen LogP contribution in [0.2, 0.25) is 0 Å². The van der Waals surface area contributed by atoms with Gasteiger partial charge in [0.05, 0.1) is 5.56 Å². The molecule has 29 heavy (non-hydrogen) atoms. The summed E-state index contributed by atoms with van der Waals surface area (Å²) in [6.45, 7) is 1.84. The molecule has 0 aliphatic rings. The van der Waals surface area contributed by atoms with Gasteiger partial charge in [0.15, 0.2) is 0 Å². The zero-order valence-corrected chi connectivity index (χ0v) is 15.8. The van der Waals surface area contributed by atoms with Crippen molar-refractivity contribution in [2.45, 2.75) is 6.92 Å². The van der Waals surface area contributed by atoms with Crippen LogP contribution in [0, 0.1) is 18.3 Å². The second kappa shape index (κ2) is 7.87. The molecule has 3 aromatic carbocycles. The number of aromatic amines is 1. The molecule has 0 fully saturated rings. The maximum Gasteiger partial charge on any atom is 0.205 e. The quantitative estimate of drug-likeness (QED) is 0.261. The number of Topliss-reactive ketones (excluding diaryl/α,β-unsaturated/α-hetero) is 1. The third-order valence-corrected chi connectivity index (χ3v) is 4.63. The number of rotatable bonds is 5. The lowest BCUT2D eigenvalue weighted by Gasteiger charge is -2.06. The number of nitriles is 1. The maximum absolute atomic E-state index is 13.1. The van der Waals surface area contributed by atoms with Gasteiger partial charge in [-0.05, 0) is 48.9 Å². The fraction of sp³-hybridized carbons (Fsp3) is 0.0400. The Hall–Kier alpha value is -4.10. The zero-order valence-electron chi connectivity index (χ0n) is 15.8. The van der Waals surface area contributed by atoms with E-state index in [0.717, 1.165) is 27.9 Å². The molecule has 4 rings (SSSR count). The summed E-state index contributed by atoms with van der Waals surface area (Å²) in [7, 11) is 0. The van der Waals surface area contributed by atoms with Crippen molar-refractivity contribution < 1.29 is 9.53 Å². The molecule has 4 aromatic rings. The molecule has 0 aliphatic carbocycles. The Morgan fingerprint density at radius 3 is 2.48 bits per heavy atom. The lowest BCUT2D eigenvalue weighted by Crippen LogP contribution is -2.03. The van der Waals surface area contributed by atoms with Crippen molar-refractivity contribution in [3.05, 3.63) is 101 Å². The van der Waals surface area contributed by atoms with Crippen LogP contribution in [-0.2, 0) is 0 Å². The Morgan fingerprint density at radius 2 is 1.69 bits per heavy atom. The summed E-state index contributed by atoms with van der Waals surface area (Å²) < 4.78 is 5.84. The van der Waals surface area contributed by atoms with Gasteiger partial charge < -0.3 is 9.72 Å². The molecule has 0 unspecified atom stereocenters. The lowest BCUT2D eigenvalue weighted by atomic mass is 9.99. The van der Waals surface area contributed by atoms with Crippen LogP contribution in [0.15, 0.2) is 84.4 Å². The number of nitrogens with one attached hydrogen (secondary N) is 1. The normalized spacial score (nSPS) is 11.2. The Labute approximate surface area is 168 Å². The first-order valence-electron chi connectivity index (χ1n) is 9.22. The molecule has 0 spiro atoms. The number of hydrogen-bond acceptors (Lipinski definition) is 3. The number of benzene rings is 3. The summed E-state index contributed by atoms with van der Waals surface area (Å²) in [5.41, 5.74) is 2.96. The summed E-state index contributed by atoms with van der Waals surface area (Å²) in [6, 6.07) is 26.4. The molecular formula is C25H18N2O2. The van der Waals surface area contributed by atoms with E-state index in [4.69, 9.17) is 4.74 Å². The van der Waals surface area contributed by atoms with E-state index in [-0.39, 0.29) is 11.4 Å². The van der Waals surface area contributed by atoms with Gasteiger partial charge >= 0.3 is 0 Å². The van der Waals surface area contributed by atoms with E-state index in [2.05, 4.69) is 11.1 Å². The van der Waals surface area contributed by atoms with Crippen LogP contribution in [0.5, 0.6) is 11.5 Å². The number of ketones is 1. The first kappa shape index (κ1) is 18.3. The molecular weight excluding hydrogens is 360 g/mol. The highest BCUT2D eigenvalue weighted by atomic mass is 16.5. The summed E-state index contributed by atoms with van der Waals surface area (Å²) in [5.74, 6) is 1.06. The first-order valence-corrected chi connectivity index (χ1v) is 9.22. The molecule has 1 aromatic heterocycles. The number of H-pyrrole nitrogens is 1. The summed E-state index contributed by atoms with van der Waals surface area (Å²) in [5, 5.41) is 10.5. The molecule has 0 radical (unpaired) electrons. The van der Waals surface area contributed by atoms with Gasteiger partial charge in [0.1, 0.15) is 23.1 Å². The third kappa shape index (κ3) is 3.80. The summed E-state index contributed by atoms with van der Waals surface area (Å²) in [4.78, 5) is 16.3. The Balaban J connectivity index is 1.67. The van der Waals surface area contributed by atoms with Crippen molar-refractivity contribution >= 4 is 22.8 Å². The van der Waals surface area contributed by atoms with Crippen molar-refractivity contribution in [3.8, 4) is 17.6 Å². The van der Waals surface area contributed by atoms with Crippen LogP contribution in [0.4, 0.5) is 0 Å². The van der Waals surface area contributed by atoms with Crippen molar-refractivity contribution in [3.63, 3.8) is 0 Å². The minimum absolute atomic E-state index is 0.0784. The SMILES string of the molecule is Cc1[nH]c2ccccc2c1C(=O)/C(C#N)=C/c1cccc(Oc2ccccc2)c1. The number of hydrogen-bond donors (Lipinski definition) is 1. The summed E-state index contributed by atoms with van der Waals surface area (Å²) >= 11 is 0. The molecule has 4 nitrogen and oxygen atoms in total. The Morgan fingerprint density at radius 1 is 0.966 bits per heavy atom. The van der Waals surface area contributed by atoms with E-state index < -0.39 is 0 Å². The fourth-order valence-electron chi connectivity index (χ4n) is 3.31. The van der Waals surface area contributed by atoms with Gasteiger partial charge in [-0.2, -0.15) is 5.26 Å². The van der Waals surface area contributed by atoms with E-state index >= 15 is 0 Å². The smallest absolute Gasteiger partial charge is 0.205 e. The fourth-order valence-corrected chi connectivity index (χ4v) is 3.31. The van der Waals surface area contributed by atoms with Crippen LogP contribution in [0.25, 0.3) is 17.0 Å². The molecule has 0 amide bonds. The van der Waals surface area contributed by atoms with Crippen molar-refractivity contribution in [1.29, 1.82) is 5.26 Å². The van der Waals surface area contributed by atoms with Gasteiger partial charge in [0.2, 0.25) is 5.78 Å². The molecule has 4 heteroatoms. The average molecular weight is 378 g/mol. The number of para-hydroxylation sites is 2. The number of ether oxygens (including phenoxy) is 1. The number of aromatic nitrogens is 1. The zero-order chi connectivity index (χ0) is 20.2. The minimum Gasteiger partial charge on any atom is -0.457 e. The van der Waals surface area contributed by atoms with E-state index in [0.29, 0.717) is 11.3 Å². The van der Waals surface area contributed by atoms with E-state index in [1.807, 2.05) is 79.7 Å². The van der Waals surface area contributed by atoms with E-state index in [1.165, 1.54) is 0 Å². The second-order valence-corrected chi connectivity index (χ2v) is 6.66. The summed E-state index contributed by atoms with van der Waals surface area (Å²) in [6.07, 6.45) is 1.60. The predicted octanol–water partition coefficient (Wildman–Crippen LogP) is 6.06. The van der Waals surface area contributed by atoms with Gasteiger partial charge in [-0.3, -0.25) is 4.79 Å². The van der Waals surface area contributed by atoms with Gasteiger partial charge in [0.25, 0.3) is 0 Å². The van der Waals surface area contributed by atoms with Gasteiger partial charge in [-0.25, -0.2) is 0 Å². The van der Waals surface area contributed by atoms with Crippen molar-refractivity contribution in [1.82, 2.24) is 4.98 Å². The minimum atomic E-state index is -0.295. The molecule has 0 atom stereocenters. The highest BCUT2D eigenvalue weighted by Gasteiger charge is 2.19. The lowest BCUT2D eigenvalue weighted by molar-refractivity contribution is 0.104. The highest BCUT2D eigenvalue weighted by Crippen LogP contribution is 2.26. The number of carbonyl (C=O) groups is 1. The van der Waals surface area contributed by atoms with Crippen LogP contribution in [0.3, 0.4) is 0 Å². The molecule has 0 saturated carbocycles. The molecule has 0 saturated heterocycles. The van der Waals surface area contributed by atoms with E-state index in [1.54, 1.807) is 12.1 Å². The van der Waals surface area contributed by atoms with Gasteiger partial charge in [-0.1, -0.05) is 48.5 Å². The standard InChI is InChI=1S/C25H18N2O2/c1-17-24(22-12-5-6-13-23(22)27-17)25(28)19(16-26)14-18-8-7-11-21(15-18)29-20-9-3-2-4-10-20/h2-15,27H,1H3/b19-14+. The third-order valence-electron chi connectivity index (χ3n) is 4.63. The number of carbonyl (C=O) groups excluding carboxylic acids is 1. The van der Waals surface area contributed by atoms with Crippen molar-refractivity contribution in [2.24, 2.45) is 0 Å². The van der Waals surface area contributed by atoms with Gasteiger partial charge in [-0.15, -0.1) is 0 Å². The molecule has 0 aliphatic heterocycles. The second-order valence-electron chi connectivity index (χ2n) is 6.66. The van der Waals surface area contributed by atoms with Crippen LogP contribution in [0.1, 0.15) is 21.6 Å². The van der Waals surface area contributed by atoms with Crippen LogP contribution in [-0.4, -0.2) is 10.8 Å². The Bertz CT molecular complexity index is 1260. The van der Waals surface area contributed by atoms with Gasteiger partial charge in [0, 0.05) is 16.6 Å². The topological polar surface area (TPSA) is 65.9 Å². The number of aryl methyl sites for hydroxylation is 1. The predicted molar refractivity (Wildman–Crippen MR) is 114 cm³/mol. The highest BCUT2D eigenvalue weighted by molar-refractivity contribution is 6.20. The number of nitrogens with zero attached hydrogens (tertiary/aromatic N) is 1. The molecule has 1 N–H and O–H groups in total. The number of fused-ring (bicyclic) bond motifs is 1. The van der Waals surface area contributed by atoms with Crippen molar-refractivity contribution in [2.75, 3.05) is 0 Å². The van der Waals surface area contributed by atoms with Crippen LogP contribution >= 0.6 is 0 Å².